The molecule has 0 aromatic heterocycles. The van der Waals surface area contributed by atoms with E-state index in [2.05, 4.69) is 17.6 Å². The molecule has 1 aromatic carbocycles. The van der Waals surface area contributed by atoms with Gasteiger partial charge in [-0.1, -0.05) is 50.5 Å². The summed E-state index contributed by atoms with van der Waals surface area (Å²) in [4.78, 5) is 38.7. The first-order valence-corrected chi connectivity index (χ1v) is 9.50. The predicted octanol–water partition coefficient (Wildman–Crippen LogP) is 2.46. The van der Waals surface area contributed by atoms with Crippen LogP contribution >= 0.6 is 0 Å². The molecule has 6 heteroatoms. The number of nitrogens with zero attached hydrogens (tertiary/aromatic N) is 1. The summed E-state index contributed by atoms with van der Waals surface area (Å²) in [6.07, 6.45) is 5.51. The molecule has 1 aliphatic carbocycles. The summed E-state index contributed by atoms with van der Waals surface area (Å²) in [5.41, 5.74) is 0.937. The second-order valence-electron chi connectivity index (χ2n) is 7.35. The fourth-order valence-electron chi connectivity index (χ4n) is 3.97. The number of nitrogens with one attached hydrogen (secondary N) is 2. The molecule has 6 nitrogen and oxygen atoms in total. The van der Waals surface area contributed by atoms with E-state index in [1.165, 1.54) is 0 Å². The highest BCUT2D eigenvalue weighted by molar-refractivity contribution is 6.09. The maximum atomic E-state index is 13.0. The summed E-state index contributed by atoms with van der Waals surface area (Å²) in [7, 11) is 0. The van der Waals surface area contributed by atoms with Crippen molar-refractivity contribution < 1.29 is 14.4 Å². The number of amides is 4. The first kappa shape index (κ1) is 18.4. The van der Waals surface area contributed by atoms with Crippen molar-refractivity contribution in [2.75, 3.05) is 6.54 Å². The maximum Gasteiger partial charge on any atom is 0.325 e. The number of hydrogen-bond acceptors (Lipinski definition) is 3. The lowest BCUT2D eigenvalue weighted by Crippen LogP contribution is -2.45. The van der Waals surface area contributed by atoms with Gasteiger partial charge in [-0.2, -0.15) is 0 Å². The molecule has 2 atom stereocenters. The first-order valence-electron chi connectivity index (χ1n) is 9.50. The molecule has 1 fully saturated rings. The molecule has 0 unspecified atom stereocenters. The zero-order chi connectivity index (χ0) is 18.7. The van der Waals surface area contributed by atoms with Crippen molar-refractivity contribution >= 4 is 17.8 Å². The van der Waals surface area contributed by atoms with Crippen LogP contribution in [0.1, 0.15) is 57.1 Å². The highest BCUT2D eigenvalue weighted by atomic mass is 16.2. The van der Waals surface area contributed by atoms with Gasteiger partial charge in [-0.15, -0.1) is 0 Å². The van der Waals surface area contributed by atoms with Crippen LogP contribution in [0.5, 0.6) is 0 Å². The monoisotopic (exact) mass is 357 g/mol. The number of aryl methyl sites for hydroxylation is 1. The van der Waals surface area contributed by atoms with Crippen molar-refractivity contribution in [1.82, 2.24) is 15.5 Å². The Morgan fingerprint density at radius 1 is 1.31 bits per heavy atom. The fourth-order valence-corrected chi connectivity index (χ4v) is 3.97. The van der Waals surface area contributed by atoms with Crippen molar-refractivity contribution in [3.63, 3.8) is 0 Å². The second-order valence-corrected chi connectivity index (χ2v) is 7.35. The molecule has 4 amide bonds. The Labute approximate surface area is 154 Å². The summed E-state index contributed by atoms with van der Waals surface area (Å²) in [5, 5.41) is 5.74. The third kappa shape index (κ3) is 3.32. The molecule has 1 aromatic rings. The molecule has 3 rings (SSSR count). The largest absolute Gasteiger partial charge is 0.352 e. The van der Waals surface area contributed by atoms with Gasteiger partial charge in [0.15, 0.2) is 0 Å². The van der Waals surface area contributed by atoms with Gasteiger partial charge in [0.1, 0.15) is 12.1 Å². The van der Waals surface area contributed by atoms with E-state index < -0.39 is 11.6 Å². The highest BCUT2D eigenvalue weighted by Gasteiger charge is 2.55. The van der Waals surface area contributed by atoms with Gasteiger partial charge in [-0.05, 0) is 37.3 Å². The molecular formula is C20H27N3O3. The smallest absolute Gasteiger partial charge is 0.325 e. The number of benzene rings is 1. The molecule has 2 aliphatic rings. The number of fused-ring (bicyclic) bond motifs is 2. The number of urea groups is 1. The van der Waals surface area contributed by atoms with Crippen molar-refractivity contribution in [3.05, 3.63) is 35.4 Å². The lowest BCUT2D eigenvalue weighted by Gasteiger charge is -2.22. The first-order chi connectivity index (χ1) is 12.5. The standard InChI is InChI=1S/C20H27N3O3/c1-3-4-5-8-14(2)21-17(24)13-23-18(25)20(22-19(23)26)12-11-15-9-6-7-10-16(15)20/h6-7,9-10,14H,3-5,8,11-13H2,1-2H3,(H,21,24)(H,22,26)/t14-,20+/m0/s1. The molecule has 140 valence electrons. The number of hydrogen-bond donors (Lipinski definition) is 2. The zero-order valence-electron chi connectivity index (χ0n) is 15.5. The van der Waals surface area contributed by atoms with Crippen molar-refractivity contribution in [3.8, 4) is 0 Å². The lowest BCUT2D eigenvalue weighted by atomic mass is 9.92. The van der Waals surface area contributed by atoms with Gasteiger partial charge in [0.05, 0.1) is 0 Å². The highest BCUT2D eigenvalue weighted by Crippen LogP contribution is 2.41. The quantitative estimate of drug-likeness (QED) is 0.581. The van der Waals surface area contributed by atoms with Crippen LogP contribution in [0.15, 0.2) is 24.3 Å². The summed E-state index contributed by atoms with van der Waals surface area (Å²) < 4.78 is 0. The number of carbonyl (C=O) groups is 3. The third-order valence-corrected chi connectivity index (χ3v) is 5.37. The minimum absolute atomic E-state index is 0.0379. The number of rotatable bonds is 7. The van der Waals surface area contributed by atoms with Gasteiger partial charge in [-0.25, -0.2) is 4.79 Å². The van der Waals surface area contributed by atoms with Crippen molar-refractivity contribution in [2.45, 2.75) is 64.0 Å². The fraction of sp³-hybridized carbons (Fsp3) is 0.550. The van der Waals surface area contributed by atoms with Gasteiger partial charge in [0, 0.05) is 6.04 Å². The summed E-state index contributed by atoms with van der Waals surface area (Å²) in [5.74, 6) is -0.609. The molecule has 1 saturated heterocycles. The van der Waals surface area contributed by atoms with E-state index in [4.69, 9.17) is 0 Å². The zero-order valence-corrected chi connectivity index (χ0v) is 15.5. The van der Waals surface area contributed by atoms with E-state index in [0.29, 0.717) is 6.42 Å². The molecule has 1 spiro atoms. The van der Waals surface area contributed by atoms with Gasteiger partial charge >= 0.3 is 6.03 Å². The van der Waals surface area contributed by atoms with Crippen molar-refractivity contribution in [2.24, 2.45) is 0 Å². The summed E-state index contributed by atoms with van der Waals surface area (Å²) in [6.45, 7) is 3.86. The van der Waals surface area contributed by atoms with Crippen LogP contribution in [0.3, 0.4) is 0 Å². The van der Waals surface area contributed by atoms with Crippen LogP contribution < -0.4 is 10.6 Å². The number of imide groups is 1. The summed E-state index contributed by atoms with van der Waals surface area (Å²) >= 11 is 0. The number of carbonyl (C=O) groups excluding carboxylic acids is 3. The van der Waals surface area contributed by atoms with Gasteiger partial charge in [0.25, 0.3) is 5.91 Å². The van der Waals surface area contributed by atoms with Crippen LogP contribution in [-0.4, -0.2) is 35.3 Å². The summed E-state index contributed by atoms with van der Waals surface area (Å²) in [6, 6.07) is 7.23. The Bertz CT molecular complexity index is 718. The van der Waals surface area contributed by atoms with Gasteiger partial charge in [0.2, 0.25) is 5.91 Å². The molecule has 1 heterocycles. The molecule has 0 bridgehead atoms. The van der Waals surface area contributed by atoms with Gasteiger partial charge in [-0.3, -0.25) is 14.5 Å². The second kappa shape index (κ2) is 7.48. The SMILES string of the molecule is CCCCC[C@H](C)NC(=O)CN1C(=O)N[C@@]2(CCc3ccccc32)C1=O. The maximum absolute atomic E-state index is 13.0. The Kier molecular flexibility index (Phi) is 5.30. The Hall–Kier alpha value is -2.37. The van der Waals surface area contributed by atoms with E-state index in [-0.39, 0.29) is 24.4 Å². The lowest BCUT2D eigenvalue weighted by molar-refractivity contribution is -0.135. The molecule has 2 N–H and O–H groups in total. The Balaban J connectivity index is 1.64. The average Bonchev–Trinajstić information content (AvgIpc) is 3.09. The van der Waals surface area contributed by atoms with E-state index in [0.717, 1.165) is 48.1 Å². The van der Waals surface area contributed by atoms with Crippen LogP contribution in [-0.2, 0) is 21.5 Å². The molecule has 26 heavy (non-hydrogen) atoms. The van der Waals surface area contributed by atoms with E-state index >= 15 is 0 Å². The van der Waals surface area contributed by atoms with E-state index in [1.807, 2.05) is 31.2 Å². The van der Waals surface area contributed by atoms with E-state index in [9.17, 15) is 14.4 Å². The third-order valence-electron chi connectivity index (χ3n) is 5.37. The predicted molar refractivity (Wildman–Crippen MR) is 98.4 cm³/mol. The van der Waals surface area contributed by atoms with Crippen LogP contribution in [0.4, 0.5) is 4.79 Å². The average molecular weight is 357 g/mol. The van der Waals surface area contributed by atoms with Crippen molar-refractivity contribution in [1.29, 1.82) is 0 Å². The molecule has 0 radical (unpaired) electrons. The van der Waals surface area contributed by atoms with Crippen LogP contribution in [0.25, 0.3) is 0 Å². The Morgan fingerprint density at radius 3 is 2.85 bits per heavy atom. The van der Waals surface area contributed by atoms with Gasteiger partial charge < -0.3 is 10.6 Å². The van der Waals surface area contributed by atoms with Crippen LogP contribution in [0.2, 0.25) is 0 Å². The van der Waals surface area contributed by atoms with E-state index in [1.54, 1.807) is 0 Å². The minimum Gasteiger partial charge on any atom is -0.352 e. The Morgan fingerprint density at radius 2 is 2.08 bits per heavy atom. The molecular weight excluding hydrogens is 330 g/mol. The minimum atomic E-state index is -0.999. The van der Waals surface area contributed by atoms with Crippen LogP contribution in [0, 0.1) is 0 Å². The molecule has 0 saturated carbocycles. The normalized spacial score (nSPS) is 22.5. The topological polar surface area (TPSA) is 78.5 Å². The molecule has 1 aliphatic heterocycles. The number of unbranched alkanes of at least 4 members (excludes halogenated alkanes) is 2.